The summed E-state index contributed by atoms with van der Waals surface area (Å²) in [5.41, 5.74) is 0. The van der Waals surface area contributed by atoms with Gasteiger partial charge >= 0.3 is 0 Å². The Labute approximate surface area is 83.1 Å². The van der Waals surface area contributed by atoms with Gasteiger partial charge in [0.05, 0.1) is 0 Å². The van der Waals surface area contributed by atoms with Gasteiger partial charge in [-0.3, -0.25) is 4.90 Å². The second-order valence-electron chi connectivity index (χ2n) is 3.41. The lowest BCUT2D eigenvalue weighted by Gasteiger charge is -2.31. The van der Waals surface area contributed by atoms with E-state index in [2.05, 4.69) is 39.8 Å². The normalized spacial score (nSPS) is 19.9. The molecule has 0 spiro atoms. The Hall–Kier alpha value is 0.140. The Bertz CT molecular complexity index is 153. The molecule has 1 N–H and O–H groups in total. The summed E-state index contributed by atoms with van der Waals surface area (Å²) < 4.78 is 1.07. The van der Waals surface area contributed by atoms with E-state index in [1.54, 1.807) is 0 Å². The van der Waals surface area contributed by atoms with Gasteiger partial charge in [0.15, 0.2) is 0 Å². The summed E-state index contributed by atoms with van der Waals surface area (Å²) in [6.45, 7) is 7.13. The first-order valence-corrected chi connectivity index (χ1v) is 5.23. The van der Waals surface area contributed by atoms with Crippen LogP contribution in [0, 0.1) is 0 Å². The molecule has 0 amide bonds. The van der Waals surface area contributed by atoms with Gasteiger partial charge in [0.1, 0.15) is 0 Å². The molecule has 0 saturated carbocycles. The minimum absolute atomic E-state index is 0.737. The Balaban J connectivity index is 2.29. The molecule has 70 valence electrons. The molecule has 0 bridgehead atoms. The Morgan fingerprint density at radius 1 is 1.58 bits per heavy atom. The van der Waals surface area contributed by atoms with Crippen molar-refractivity contribution >= 4 is 15.9 Å². The van der Waals surface area contributed by atoms with Crippen LogP contribution >= 0.6 is 15.9 Å². The molecule has 12 heavy (non-hydrogen) atoms. The maximum Gasteiger partial charge on any atom is 0.0293 e. The predicted octanol–water partition coefficient (Wildman–Crippen LogP) is 1.58. The summed E-state index contributed by atoms with van der Waals surface area (Å²) in [6.07, 6.45) is 2.52. The van der Waals surface area contributed by atoms with Crippen molar-refractivity contribution in [1.29, 1.82) is 0 Å². The molecule has 0 unspecified atom stereocenters. The first-order valence-electron chi connectivity index (χ1n) is 4.44. The Kier molecular flexibility index (Phi) is 4.26. The van der Waals surface area contributed by atoms with Crippen molar-refractivity contribution in [3.8, 4) is 0 Å². The molecule has 1 heterocycles. The molecule has 1 fully saturated rings. The molecule has 2 nitrogen and oxygen atoms in total. The van der Waals surface area contributed by atoms with E-state index in [4.69, 9.17) is 0 Å². The minimum Gasteiger partial charge on any atom is -0.317 e. The summed E-state index contributed by atoms with van der Waals surface area (Å²) in [5.74, 6) is 0. The average Bonchev–Trinajstić information content (AvgIpc) is 2.05. The molecule has 0 aromatic carbocycles. The highest BCUT2D eigenvalue weighted by Crippen LogP contribution is 2.12. The molecule has 0 aromatic heterocycles. The highest BCUT2D eigenvalue weighted by molar-refractivity contribution is 9.11. The number of piperidine rings is 1. The van der Waals surface area contributed by atoms with Crippen LogP contribution in [0.2, 0.25) is 0 Å². The number of nitrogens with one attached hydrogen (secondary N) is 1. The van der Waals surface area contributed by atoms with Crippen LogP contribution in [0.25, 0.3) is 0 Å². The van der Waals surface area contributed by atoms with E-state index >= 15 is 0 Å². The van der Waals surface area contributed by atoms with Gasteiger partial charge in [0.2, 0.25) is 0 Å². The highest BCUT2D eigenvalue weighted by Gasteiger charge is 2.17. The monoisotopic (exact) mass is 232 g/mol. The van der Waals surface area contributed by atoms with Gasteiger partial charge in [0, 0.05) is 17.1 Å². The fourth-order valence-corrected chi connectivity index (χ4v) is 2.04. The summed E-state index contributed by atoms with van der Waals surface area (Å²) in [4.78, 5) is 2.37. The summed E-state index contributed by atoms with van der Waals surface area (Å²) in [5, 5.41) is 3.36. The standard InChI is InChI=1S/C9H17BrN2/c1-8(10)7-12(2)9-3-5-11-6-4-9/h9,11H,1,3-7H2,2H3. The quantitative estimate of drug-likeness (QED) is 0.796. The topological polar surface area (TPSA) is 15.3 Å². The minimum atomic E-state index is 0.737. The van der Waals surface area contributed by atoms with Crippen molar-refractivity contribution in [2.45, 2.75) is 18.9 Å². The first kappa shape index (κ1) is 10.2. The third-order valence-corrected chi connectivity index (χ3v) is 2.60. The van der Waals surface area contributed by atoms with Crippen LogP contribution in [-0.2, 0) is 0 Å². The fourth-order valence-electron chi connectivity index (χ4n) is 1.65. The van der Waals surface area contributed by atoms with Crippen LogP contribution in [0.1, 0.15) is 12.8 Å². The number of hydrogen-bond donors (Lipinski definition) is 1. The number of nitrogens with zero attached hydrogens (tertiary/aromatic N) is 1. The second-order valence-corrected chi connectivity index (χ2v) is 4.54. The van der Waals surface area contributed by atoms with Crippen molar-refractivity contribution in [3.63, 3.8) is 0 Å². The van der Waals surface area contributed by atoms with E-state index in [1.807, 2.05) is 0 Å². The zero-order valence-electron chi connectivity index (χ0n) is 7.65. The Morgan fingerprint density at radius 3 is 2.67 bits per heavy atom. The maximum absolute atomic E-state index is 3.85. The first-order chi connectivity index (χ1) is 5.70. The van der Waals surface area contributed by atoms with E-state index in [0.29, 0.717) is 0 Å². The zero-order valence-corrected chi connectivity index (χ0v) is 9.23. The van der Waals surface area contributed by atoms with E-state index in [9.17, 15) is 0 Å². The average molecular weight is 233 g/mol. The van der Waals surface area contributed by atoms with Gasteiger partial charge < -0.3 is 5.32 Å². The summed E-state index contributed by atoms with van der Waals surface area (Å²) in [6, 6.07) is 0.737. The number of hydrogen-bond acceptors (Lipinski definition) is 2. The molecule has 0 radical (unpaired) electrons. The van der Waals surface area contributed by atoms with Gasteiger partial charge in [-0.05, 0) is 33.0 Å². The molecule has 0 aromatic rings. The van der Waals surface area contributed by atoms with Gasteiger partial charge in [-0.15, -0.1) is 0 Å². The molecule has 1 saturated heterocycles. The van der Waals surface area contributed by atoms with Crippen molar-refractivity contribution in [2.24, 2.45) is 0 Å². The molecule has 0 atom stereocenters. The number of rotatable bonds is 3. The number of halogens is 1. The van der Waals surface area contributed by atoms with E-state index < -0.39 is 0 Å². The fraction of sp³-hybridized carbons (Fsp3) is 0.778. The molecule has 1 aliphatic heterocycles. The van der Waals surface area contributed by atoms with Crippen LogP contribution in [0.4, 0.5) is 0 Å². The van der Waals surface area contributed by atoms with Crippen molar-refractivity contribution in [1.82, 2.24) is 10.2 Å². The van der Waals surface area contributed by atoms with E-state index in [-0.39, 0.29) is 0 Å². The lowest BCUT2D eigenvalue weighted by Crippen LogP contribution is -2.41. The Morgan fingerprint density at radius 2 is 2.17 bits per heavy atom. The van der Waals surface area contributed by atoms with E-state index in [1.165, 1.54) is 12.8 Å². The van der Waals surface area contributed by atoms with Gasteiger partial charge in [-0.25, -0.2) is 0 Å². The van der Waals surface area contributed by atoms with Crippen LogP contribution in [0.3, 0.4) is 0 Å². The lowest BCUT2D eigenvalue weighted by molar-refractivity contribution is 0.216. The van der Waals surface area contributed by atoms with Crippen LogP contribution in [0.15, 0.2) is 11.1 Å². The highest BCUT2D eigenvalue weighted by atomic mass is 79.9. The predicted molar refractivity (Wildman–Crippen MR) is 56.6 cm³/mol. The number of likely N-dealkylation sites (N-methyl/N-ethyl adjacent to an activating group) is 1. The third kappa shape index (κ3) is 3.25. The maximum atomic E-state index is 3.85. The largest absolute Gasteiger partial charge is 0.317 e. The van der Waals surface area contributed by atoms with Crippen molar-refractivity contribution in [2.75, 3.05) is 26.7 Å². The smallest absolute Gasteiger partial charge is 0.0293 e. The molecule has 0 aliphatic carbocycles. The van der Waals surface area contributed by atoms with E-state index in [0.717, 1.165) is 30.2 Å². The molecule has 1 rings (SSSR count). The van der Waals surface area contributed by atoms with Crippen LogP contribution in [-0.4, -0.2) is 37.6 Å². The van der Waals surface area contributed by atoms with Crippen LogP contribution in [0.5, 0.6) is 0 Å². The van der Waals surface area contributed by atoms with Gasteiger partial charge in [-0.2, -0.15) is 0 Å². The third-order valence-electron chi connectivity index (χ3n) is 2.35. The summed E-state index contributed by atoms with van der Waals surface area (Å²) in [7, 11) is 2.17. The van der Waals surface area contributed by atoms with Crippen molar-refractivity contribution < 1.29 is 0 Å². The second kappa shape index (κ2) is 5.00. The molecule has 1 aliphatic rings. The lowest BCUT2D eigenvalue weighted by atomic mass is 10.1. The van der Waals surface area contributed by atoms with Crippen molar-refractivity contribution in [3.05, 3.63) is 11.1 Å². The van der Waals surface area contributed by atoms with Gasteiger partial charge in [-0.1, -0.05) is 22.5 Å². The SMILES string of the molecule is C=C(Br)CN(C)C1CCNCC1. The van der Waals surface area contributed by atoms with Gasteiger partial charge in [0.25, 0.3) is 0 Å². The van der Waals surface area contributed by atoms with Crippen LogP contribution < -0.4 is 5.32 Å². The summed E-state index contributed by atoms with van der Waals surface area (Å²) >= 11 is 3.39. The molecular weight excluding hydrogens is 216 g/mol. The molecule has 3 heteroatoms. The molecular formula is C9H17BrN2. The zero-order chi connectivity index (χ0) is 8.97.